The molecule has 4 nitrogen and oxygen atoms in total. The van der Waals surface area contributed by atoms with Crippen LogP contribution in [0.25, 0.3) is 5.57 Å². The van der Waals surface area contributed by atoms with Gasteiger partial charge >= 0.3 is 0 Å². The van der Waals surface area contributed by atoms with E-state index in [1.165, 1.54) is 5.41 Å². The number of fused-ring (bicyclic) bond motifs is 1. The number of benzene rings is 2. The van der Waals surface area contributed by atoms with Crippen molar-refractivity contribution < 1.29 is 13.2 Å². The predicted octanol–water partition coefficient (Wildman–Crippen LogP) is 4.90. The van der Waals surface area contributed by atoms with Crippen LogP contribution in [0.1, 0.15) is 24.0 Å². The Hall–Kier alpha value is -1.89. The fourth-order valence-corrected chi connectivity index (χ4v) is 4.90. The lowest BCUT2D eigenvalue weighted by Crippen LogP contribution is -2.19. The summed E-state index contributed by atoms with van der Waals surface area (Å²) in [4.78, 5) is 2.51. The van der Waals surface area contributed by atoms with E-state index in [9.17, 15) is 8.42 Å². The Kier molecular flexibility index (Phi) is 6.75. The molecule has 0 saturated heterocycles. The molecule has 28 heavy (non-hydrogen) atoms. The fourth-order valence-electron chi connectivity index (χ4n) is 3.17. The molecule has 1 heterocycles. The lowest BCUT2D eigenvalue weighted by molar-refractivity contribution is 0.287. The van der Waals surface area contributed by atoms with Gasteiger partial charge in [-0.3, -0.25) is 0 Å². The van der Waals surface area contributed by atoms with E-state index < -0.39 is 9.84 Å². The summed E-state index contributed by atoms with van der Waals surface area (Å²) in [6.07, 6.45) is 3.81. The zero-order chi connectivity index (χ0) is 20.1. The van der Waals surface area contributed by atoms with Gasteiger partial charge in [-0.25, -0.2) is 8.42 Å². The van der Waals surface area contributed by atoms with Gasteiger partial charge in [0.2, 0.25) is 9.84 Å². The molecule has 0 amide bonds. The summed E-state index contributed by atoms with van der Waals surface area (Å²) < 4.78 is 32.0. The summed E-state index contributed by atoms with van der Waals surface area (Å²) in [5.41, 5.74) is 2.32. The first-order valence-corrected chi connectivity index (χ1v) is 11.5. The second-order valence-corrected chi connectivity index (χ2v) is 9.53. The number of ether oxygens (including phenoxy) is 1. The summed E-state index contributed by atoms with van der Waals surface area (Å²) in [6, 6.07) is 13.0. The average Bonchev–Trinajstić information content (AvgIpc) is 2.93. The van der Waals surface area contributed by atoms with Gasteiger partial charge in [-0.2, -0.15) is 0 Å². The Morgan fingerprint density at radius 3 is 2.61 bits per heavy atom. The molecule has 0 spiro atoms. The third-order valence-electron chi connectivity index (χ3n) is 4.62. The van der Waals surface area contributed by atoms with Crippen LogP contribution in [0.15, 0.2) is 69.9 Å². The topological polar surface area (TPSA) is 46.6 Å². The molecule has 0 aliphatic carbocycles. The predicted molar refractivity (Wildman–Crippen MR) is 117 cm³/mol. The molecular formula is C22H24BrNO3S. The van der Waals surface area contributed by atoms with E-state index in [1.54, 1.807) is 6.07 Å². The number of nitrogens with zero attached hydrogens (tertiary/aromatic N) is 1. The Bertz CT molecular complexity index is 981. The number of likely N-dealkylation sites (N-methyl/N-ethyl adjacent to an activating group) is 1. The second kappa shape index (κ2) is 9.07. The summed E-state index contributed by atoms with van der Waals surface area (Å²) in [5.74, 6) is 0.590. The highest BCUT2D eigenvalue weighted by atomic mass is 79.9. The minimum atomic E-state index is -3.46. The van der Waals surface area contributed by atoms with Crippen molar-refractivity contribution in [2.75, 3.05) is 26.7 Å². The molecule has 2 aromatic rings. The van der Waals surface area contributed by atoms with Gasteiger partial charge in [0.25, 0.3) is 0 Å². The van der Waals surface area contributed by atoms with Gasteiger partial charge in [-0.1, -0.05) is 34.1 Å². The number of hydrogen-bond donors (Lipinski definition) is 0. The van der Waals surface area contributed by atoms with Gasteiger partial charge in [0, 0.05) is 27.6 Å². The van der Waals surface area contributed by atoms with Crippen LogP contribution in [0.4, 0.5) is 0 Å². The fraction of sp³-hybridized carbons (Fsp3) is 0.273. The van der Waals surface area contributed by atoms with Crippen LogP contribution in [0.5, 0.6) is 5.75 Å². The lowest BCUT2D eigenvalue weighted by Gasteiger charge is -2.14. The average molecular weight is 462 g/mol. The number of halogens is 1. The lowest BCUT2D eigenvalue weighted by atomic mass is 10.00. The molecule has 1 aliphatic heterocycles. The van der Waals surface area contributed by atoms with Gasteiger partial charge in [-0.15, -0.1) is 6.58 Å². The molecule has 0 atom stereocenters. The van der Waals surface area contributed by atoms with Crippen LogP contribution in [0, 0.1) is 0 Å². The normalized spacial score (nSPS) is 14.6. The van der Waals surface area contributed by atoms with Gasteiger partial charge in [0.05, 0.1) is 11.5 Å². The second-order valence-electron chi connectivity index (χ2n) is 6.85. The standard InChI is InChI=1S/C22H24BrNO3S/c1-3-12-24(2)13-4-5-14-27-19-10-11-20-21(16-28(25,26)22(20)15-19)17-6-8-18(23)9-7-17/h3,6-11,15-16H,1,4-5,12-14H2,2H3. The van der Waals surface area contributed by atoms with Crippen molar-refractivity contribution in [3.8, 4) is 5.75 Å². The molecule has 0 aromatic heterocycles. The Labute approximate surface area is 175 Å². The van der Waals surface area contributed by atoms with E-state index in [-0.39, 0.29) is 0 Å². The Balaban J connectivity index is 1.67. The maximum atomic E-state index is 12.6. The van der Waals surface area contributed by atoms with Crippen LogP contribution in [-0.2, 0) is 9.84 Å². The van der Waals surface area contributed by atoms with Crippen LogP contribution in [-0.4, -0.2) is 40.1 Å². The first-order valence-electron chi connectivity index (χ1n) is 9.20. The molecule has 1 aliphatic rings. The highest BCUT2D eigenvalue weighted by Crippen LogP contribution is 2.39. The van der Waals surface area contributed by atoms with Crippen LogP contribution < -0.4 is 4.74 Å². The SMILES string of the molecule is C=CCN(C)CCCCOc1ccc2c(c1)S(=O)(=O)C=C2c1ccc(Br)cc1. The van der Waals surface area contributed by atoms with Crippen molar-refractivity contribution >= 4 is 31.3 Å². The minimum Gasteiger partial charge on any atom is -0.494 e. The molecule has 6 heteroatoms. The molecule has 3 rings (SSSR count). The van der Waals surface area contributed by atoms with E-state index in [0.717, 1.165) is 47.1 Å². The highest BCUT2D eigenvalue weighted by Gasteiger charge is 2.28. The van der Waals surface area contributed by atoms with Gasteiger partial charge < -0.3 is 9.64 Å². The van der Waals surface area contributed by atoms with Crippen molar-refractivity contribution in [2.45, 2.75) is 17.7 Å². The van der Waals surface area contributed by atoms with Gasteiger partial charge in [0.1, 0.15) is 5.75 Å². The zero-order valence-corrected chi connectivity index (χ0v) is 18.3. The summed E-state index contributed by atoms with van der Waals surface area (Å²) in [5, 5.41) is 1.35. The van der Waals surface area contributed by atoms with E-state index >= 15 is 0 Å². The first-order chi connectivity index (χ1) is 13.4. The molecule has 2 aromatic carbocycles. The maximum absolute atomic E-state index is 12.6. The van der Waals surface area contributed by atoms with Crippen molar-refractivity contribution in [2.24, 2.45) is 0 Å². The zero-order valence-electron chi connectivity index (χ0n) is 15.9. The van der Waals surface area contributed by atoms with E-state index in [1.807, 2.05) is 42.5 Å². The van der Waals surface area contributed by atoms with Crippen LogP contribution in [0.2, 0.25) is 0 Å². The Morgan fingerprint density at radius 1 is 1.14 bits per heavy atom. The first kappa shape index (κ1) is 20.8. The molecule has 0 saturated carbocycles. The third-order valence-corrected chi connectivity index (χ3v) is 6.65. The number of rotatable bonds is 9. The summed E-state index contributed by atoms with van der Waals surface area (Å²) in [6.45, 7) is 6.15. The Morgan fingerprint density at radius 2 is 1.89 bits per heavy atom. The van der Waals surface area contributed by atoms with Crippen LogP contribution in [0.3, 0.4) is 0 Å². The molecule has 0 N–H and O–H groups in total. The van der Waals surface area contributed by atoms with Gasteiger partial charge in [-0.05, 0) is 62.3 Å². The van der Waals surface area contributed by atoms with E-state index in [0.29, 0.717) is 17.3 Å². The number of unbranched alkanes of at least 4 members (excludes halogenated alkanes) is 1. The van der Waals surface area contributed by atoms with Crippen molar-refractivity contribution in [3.63, 3.8) is 0 Å². The molecule has 0 fully saturated rings. The monoisotopic (exact) mass is 461 g/mol. The maximum Gasteiger partial charge on any atom is 0.201 e. The summed E-state index contributed by atoms with van der Waals surface area (Å²) >= 11 is 3.41. The molecule has 0 bridgehead atoms. The number of hydrogen-bond acceptors (Lipinski definition) is 4. The van der Waals surface area contributed by atoms with Gasteiger partial charge in [0.15, 0.2) is 0 Å². The molecule has 0 radical (unpaired) electrons. The van der Waals surface area contributed by atoms with Crippen molar-refractivity contribution in [1.29, 1.82) is 0 Å². The largest absolute Gasteiger partial charge is 0.494 e. The minimum absolute atomic E-state index is 0.314. The van der Waals surface area contributed by atoms with E-state index in [4.69, 9.17) is 4.74 Å². The number of sulfone groups is 1. The van der Waals surface area contributed by atoms with Crippen molar-refractivity contribution in [1.82, 2.24) is 4.90 Å². The smallest absolute Gasteiger partial charge is 0.201 e. The van der Waals surface area contributed by atoms with Crippen LogP contribution >= 0.6 is 15.9 Å². The van der Waals surface area contributed by atoms with E-state index in [2.05, 4.69) is 34.5 Å². The highest BCUT2D eigenvalue weighted by molar-refractivity contribution is 9.10. The quantitative estimate of drug-likeness (QED) is 0.393. The van der Waals surface area contributed by atoms with Crippen molar-refractivity contribution in [3.05, 3.63) is 76.1 Å². The molecule has 148 valence electrons. The summed E-state index contributed by atoms with van der Waals surface area (Å²) in [7, 11) is -1.40. The molecule has 0 unspecified atom stereocenters. The molecular weight excluding hydrogens is 438 g/mol. The third kappa shape index (κ3) is 4.93.